The Morgan fingerprint density at radius 1 is 0.966 bits per heavy atom. The number of aryl methyl sites for hydroxylation is 1. The van der Waals surface area contributed by atoms with E-state index in [0.29, 0.717) is 41.3 Å². The molecule has 8 rings (SSSR count). The van der Waals surface area contributed by atoms with Crippen LogP contribution in [-0.2, 0) is 38.9 Å². The summed E-state index contributed by atoms with van der Waals surface area (Å²) >= 11 is 6.45. The maximum absolute atomic E-state index is 14.4. The van der Waals surface area contributed by atoms with Crippen molar-refractivity contribution in [1.29, 1.82) is 0 Å². The first-order valence-electron chi connectivity index (χ1n) is 21.3. The van der Waals surface area contributed by atoms with Gasteiger partial charge in [-0.2, -0.15) is 0 Å². The van der Waals surface area contributed by atoms with Gasteiger partial charge in [-0.25, -0.2) is 13.1 Å². The predicted octanol–water partition coefficient (Wildman–Crippen LogP) is 6.76. The minimum Gasteiger partial charge on any atom is -0.487 e. The van der Waals surface area contributed by atoms with Crippen molar-refractivity contribution < 1.29 is 27.4 Å². The number of methoxy groups -OCH3 is 1. The highest BCUT2D eigenvalue weighted by Crippen LogP contribution is 2.47. The van der Waals surface area contributed by atoms with Crippen LogP contribution in [0.3, 0.4) is 0 Å². The molecule has 5 aliphatic rings. The van der Waals surface area contributed by atoms with Gasteiger partial charge < -0.3 is 19.1 Å². The minimum atomic E-state index is -4.12. The monoisotopic (exact) mass is 830 g/mol. The Kier molecular flexibility index (Phi) is 12.8. The van der Waals surface area contributed by atoms with Crippen molar-refractivity contribution >= 4 is 33.2 Å². The van der Waals surface area contributed by atoms with Crippen LogP contribution in [0.1, 0.15) is 66.1 Å². The van der Waals surface area contributed by atoms with E-state index in [4.69, 9.17) is 25.8 Å². The van der Waals surface area contributed by atoms with E-state index in [2.05, 4.69) is 31.6 Å². The van der Waals surface area contributed by atoms with Crippen molar-refractivity contribution in [2.75, 3.05) is 71.0 Å². The fourth-order valence-corrected chi connectivity index (χ4v) is 11.9. The lowest BCUT2D eigenvalue weighted by atomic mass is 9.63. The van der Waals surface area contributed by atoms with Crippen LogP contribution < -0.4 is 14.4 Å². The number of halogens is 1. The summed E-state index contributed by atoms with van der Waals surface area (Å²) in [6, 6.07) is 21.4. The number of piperazine rings is 1. The third-order valence-corrected chi connectivity index (χ3v) is 15.7. The number of sulfonamides is 1. The van der Waals surface area contributed by atoms with Gasteiger partial charge >= 0.3 is 0 Å². The third kappa shape index (κ3) is 9.15. The molecule has 0 radical (unpaired) electrons. The van der Waals surface area contributed by atoms with Crippen LogP contribution in [0.25, 0.3) is 0 Å². The number of rotatable bonds is 5. The highest BCUT2D eigenvalue weighted by Gasteiger charge is 2.49. The molecule has 4 heterocycles. The molecule has 2 bridgehead atoms. The van der Waals surface area contributed by atoms with Gasteiger partial charge in [0.05, 0.1) is 24.2 Å². The van der Waals surface area contributed by atoms with E-state index in [1.807, 2.05) is 74.7 Å². The van der Waals surface area contributed by atoms with E-state index in [1.54, 1.807) is 6.07 Å². The van der Waals surface area contributed by atoms with Crippen molar-refractivity contribution in [2.45, 2.75) is 75.4 Å². The molecular weight excluding hydrogens is 772 g/mol. The normalized spacial score (nSPS) is 30.2. The second-order valence-corrected chi connectivity index (χ2v) is 19.5. The van der Waals surface area contributed by atoms with Crippen LogP contribution >= 0.6 is 11.6 Å². The molecule has 0 aromatic heterocycles. The molecule has 12 heteroatoms. The van der Waals surface area contributed by atoms with Crippen molar-refractivity contribution in [3.8, 4) is 5.75 Å². The number of anilines is 1. The van der Waals surface area contributed by atoms with Gasteiger partial charge in [0.25, 0.3) is 5.91 Å². The summed E-state index contributed by atoms with van der Waals surface area (Å²) < 4.78 is 50.6. The molecule has 58 heavy (non-hydrogen) atoms. The van der Waals surface area contributed by atoms with Gasteiger partial charge in [-0.05, 0) is 110 Å². The number of carbonyl (C=O) groups excluding carboxylic acids is 1. The Morgan fingerprint density at radius 2 is 1.83 bits per heavy atom. The smallest absolute Gasteiger partial charge is 0.264 e. The molecule has 312 valence electrons. The first-order valence-corrected chi connectivity index (χ1v) is 23.2. The second kappa shape index (κ2) is 18.0. The zero-order valence-electron chi connectivity index (χ0n) is 34.0. The summed E-state index contributed by atoms with van der Waals surface area (Å²) in [6.07, 6.45) is 10.1. The fraction of sp³-hybridized carbons (Fsp3) is 0.543. The van der Waals surface area contributed by atoms with E-state index < -0.39 is 26.8 Å². The van der Waals surface area contributed by atoms with Crippen LogP contribution in [0.5, 0.6) is 5.75 Å². The van der Waals surface area contributed by atoms with Gasteiger partial charge in [-0.15, -0.1) is 0 Å². The number of nitrogens with one attached hydrogen (secondary N) is 1. The Balaban J connectivity index is 1.18. The fourth-order valence-electron chi connectivity index (χ4n) is 10.0. The topological polar surface area (TPSA) is 101 Å². The number of hydrogen-bond acceptors (Lipinski definition) is 9. The summed E-state index contributed by atoms with van der Waals surface area (Å²) in [7, 11) is -2.26. The molecule has 1 aliphatic carbocycles. The molecule has 0 spiro atoms. The summed E-state index contributed by atoms with van der Waals surface area (Å²) in [5.41, 5.74) is 3.70. The Hall–Kier alpha value is -3.45. The summed E-state index contributed by atoms with van der Waals surface area (Å²) in [4.78, 5) is 21.6. The maximum atomic E-state index is 14.4. The Morgan fingerprint density at radius 3 is 2.64 bits per heavy atom. The van der Waals surface area contributed by atoms with E-state index in [1.165, 1.54) is 5.56 Å². The number of hydrogen-bond donors (Lipinski definition) is 1. The average Bonchev–Trinajstić information content (AvgIpc) is 3.24. The zero-order valence-corrected chi connectivity index (χ0v) is 35.6. The van der Waals surface area contributed by atoms with Gasteiger partial charge in [-0.1, -0.05) is 67.1 Å². The molecule has 10 nitrogen and oxygen atoms in total. The van der Waals surface area contributed by atoms with Gasteiger partial charge in [0.15, 0.2) is 0 Å². The number of benzene rings is 3. The van der Waals surface area contributed by atoms with E-state index in [9.17, 15) is 13.2 Å². The van der Waals surface area contributed by atoms with Gasteiger partial charge in [0, 0.05) is 69.6 Å². The molecular formula is C46H59ClN4O6S. The molecule has 4 aliphatic heterocycles. The van der Waals surface area contributed by atoms with E-state index >= 15 is 0 Å². The lowest BCUT2D eigenvalue weighted by Crippen LogP contribution is -2.62. The van der Waals surface area contributed by atoms with Crippen LogP contribution in [0.15, 0.2) is 78.9 Å². The SMILES string of the molecule is CO[C@]1(CN2CCN3CCOC[C@@H]3C2)/C=C/C[C@H](C)[C@H](Cc2ccccc2)S(=O)(=O)NC(=O)c2ccc3c(c2)N(CCCCc2cc(Cl)ccc2CO3)C[C@@H]2CC[C@H]21. The number of carbonyl (C=O) groups is 1. The van der Waals surface area contributed by atoms with E-state index in [0.717, 1.165) is 108 Å². The van der Waals surface area contributed by atoms with Gasteiger partial charge in [0.2, 0.25) is 10.0 Å². The number of fused-ring (bicyclic) bond motifs is 4. The lowest BCUT2D eigenvalue weighted by Gasteiger charge is -2.53. The molecule has 6 atom stereocenters. The van der Waals surface area contributed by atoms with Gasteiger partial charge in [-0.3, -0.25) is 14.6 Å². The summed E-state index contributed by atoms with van der Waals surface area (Å²) in [5.74, 6) is 0.306. The molecule has 3 aromatic carbocycles. The number of morpholine rings is 1. The van der Waals surface area contributed by atoms with Crippen molar-refractivity contribution in [1.82, 2.24) is 14.5 Å². The van der Waals surface area contributed by atoms with Crippen molar-refractivity contribution in [3.63, 3.8) is 0 Å². The number of nitrogens with zero attached hydrogens (tertiary/aromatic N) is 3. The molecule has 3 fully saturated rings. The molecule has 0 unspecified atom stereocenters. The molecule has 2 saturated heterocycles. The van der Waals surface area contributed by atoms with Crippen molar-refractivity contribution in [2.24, 2.45) is 17.8 Å². The van der Waals surface area contributed by atoms with Crippen molar-refractivity contribution in [3.05, 3.63) is 106 Å². The quantitative estimate of drug-likeness (QED) is 0.280. The number of allylic oxidation sites excluding steroid dienone is 1. The number of amides is 1. The third-order valence-electron chi connectivity index (χ3n) is 13.6. The lowest BCUT2D eigenvalue weighted by molar-refractivity contribution is -0.108. The standard InChI is InChI=1S/C46H59ClN4O6S/c1-33-9-8-19-46(55-2,32-49-21-22-50-23-24-56-31-40(50)29-49)41-17-14-37(41)28-51-20-7-6-12-35-26-39(47)16-13-38(35)30-57-43-18-15-36(27-42(43)51)45(52)48-58(53,54)44(33)25-34-10-4-3-5-11-34/h3-5,8,10-11,13,15-16,18-19,26-27,33,37,40-41,44H,6-7,9,12,14,17,20-25,28-32H2,1-2H3,(H,48,52)/b19-8+/t33-,37-,40-,41+,44-,46-/m0/s1. The van der Waals surface area contributed by atoms with Crippen LogP contribution in [0.2, 0.25) is 5.02 Å². The highest BCUT2D eigenvalue weighted by molar-refractivity contribution is 7.90. The van der Waals surface area contributed by atoms with Crippen LogP contribution in [0, 0.1) is 17.8 Å². The molecule has 3 aromatic rings. The first kappa shape index (κ1) is 41.3. The maximum Gasteiger partial charge on any atom is 0.264 e. The Bertz CT molecular complexity index is 2050. The van der Waals surface area contributed by atoms with Crippen LogP contribution in [-0.4, -0.2) is 107 Å². The largest absolute Gasteiger partial charge is 0.487 e. The van der Waals surface area contributed by atoms with Crippen LogP contribution in [0.4, 0.5) is 5.69 Å². The second-order valence-electron chi connectivity index (χ2n) is 17.2. The highest BCUT2D eigenvalue weighted by atomic mass is 35.5. The number of ether oxygens (including phenoxy) is 3. The average molecular weight is 832 g/mol. The Labute approximate surface area is 349 Å². The summed E-state index contributed by atoms with van der Waals surface area (Å²) in [5, 5.41) is -0.135. The minimum absolute atomic E-state index is 0.238. The first-order chi connectivity index (χ1) is 28.1. The predicted molar refractivity (Wildman–Crippen MR) is 229 cm³/mol. The van der Waals surface area contributed by atoms with E-state index in [-0.39, 0.29) is 18.3 Å². The van der Waals surface area contributed by atoms with Gasteiger partial charge in [0.1, 0.15) is 18.0 Å². The molecule has 1 N–H and O–H groups in total. The molecule has 1 amide bonds. The summed E-state index contributed by atoms with van der Waals surface area (Å²) in [6.45, 7) is 10.0. The zero-order chi connectivity index (χ0) is 40.3. The molecule has 1 saturated carbocycles.